The molecule has 0 aliphatic heterocycles. The summed E-state index contributed by atoms with van der Waals surface area (Å²) in [7, 11) is -4.28. The molecule has 5 rings (SSSR count). The van der Waals surface area contributed by atoms with Crippen molar-refractivity contribution in [2.45, 2.75) is 36.8 Å². The van der Waals surface area contributed by atoms with Crippen molar-refractivity contribution in [1.82, 2.24) is 9.55 Å². The average molecular weight is 608 g/mol. The van der Waals surface area contributed by atoms with E-state index >= 15 is 0 Å². The minimum atomic E-state index is -4.61. The number of aliphatic carboxylic acids is 1. The standard InChI is InChI=1S/C32H28F3N3O4S/c33-32(34,35)24-15-18-27(19-16-24)43(41,42)37(21-9-3-8-14-30(39)40)26-17-20-29-28(22-26)36-31(23-10-4-1-5-11-23)38(29)25-12-6-2-7-13-25/h1-2,4-7,10-13,15-20,22H,3,8-9,14,21H2,(H,39,40). The number of sulfonamides is 1. The number of hydrogen-bond acceptors (Lipinski definition) is 4. The summed E-state index contributed by atoms with van der Waals surface area (Å²) in [6.07, 6.45) is -3.49. The summed E-state index contributed by atoms with van der Waals surface area (Å²) < 4.78 is 70.3. The number of carboxylic acids is 1. The lowest BCUT2D eigenvalue weighted by Crippen LogP contribution is -2.32. The van der Waals surface area contributed by atoms with Crippen LogP contribution in [0.5, 0.6) is 0 Å². The molecule has 222 valence electrons. The summed E-state index contributed by atoms with van der Waals surface area (Å²) in [5.41, 5.74) is 2.33. The highest BCUT2D eigenvalue weighted by molar-refractivity contribution is 7.92. The summed E-state index contributed by atoms with van der Waals surface area (Å²) in [5.74, 6) is -0.285. The summed E-state index contributed by atoms with van der Waals surface area (Å²) in [5, 5.41) is 8.95. The number of unbranched alkanes of at least 4 members (excludes halogenated alkanes) is 2. The predicted octanol–water partition coefficient (Wildman–Crippen LogP) is 7.55. The third-order valence-electron chi connectivity index (χ3n) is 6.99. The maximum atomic E-state index is 13.8. The fourth-order valence-corrected chi connectivity index (χ4v) is 6.38. The first-order chi connectivity index (χ1) is 20.6. The van der Waals surface area contributed by atoms with Gasteiger partial charge in [-0.25, -0.2) is 13.4 Å². The van der Waals surface area contributed by atoms with Gasteiger partial charge in [-0.3, -0.25) is 13.7 Å². The Morgan fingerprint density at radius 3 is 2.12 bits per heavy atom. The number of hydrogen-bond donors (Lipinski definition) is 1. The topological polar surface area (TPSA) is 92.5 Å². The number of benzene rings is 4. The zero-order valence-corrected chi connectivity index (χ0v) is 23.7. The molecule has 1 heterocycles. The van der Waals surface area contributed by atoms with Crippen molar-refractivity contribution in [1.29, 1.82) is 0 Å². The molecule has 0 saturated heterocycles. The Kier molecular flexibility index (Phi) is 8.54. The molecule has 0 saturated carbocycles. The quantitative estimate of drug-likeness (QED) is 0.157. The maximum Gasteiger partial charge on any atom is 0.416 e. The summed E-state index contributed by atoms with van der Waals surface area (Å²) in [6.45, 7) is -0.000578. The zero-order valence-electron chi connectivity index (χ0n) is 22.9. The molecule has 11 heteroatoms. The lowest BCUT2D eigenvalue weighted by atomic mass is 10.2. The number of nitrogens with zero attached hydrogens (tertiary/aromatic N) is 3. The Morgan fingerprint density at radius 2 is 1.49 bits per heavy atom. The number of carboxylic acid groups (broad SMARTS) is 1. The molecule has 0 unspecified atom stereocenters. The van der Waals surface area contributed by atoms with Crippen LogP contribution in [0.25, 0.3) is 28.1 Å². The summed E-state index contributed by atoms with van der Waals surface area (Å²) in [6, 6.07) is 27.6. The van der Waals surface area contributed by atoms with Gasteiger partial charge in [0.2, 0.25) is 0 Å². The normalized spacial score (nSPS) is 12.0. The largest absolute Gasteiger partial charge is 0.481 e. The van der Waals surface area contributed by atoms with E-state index in [1.165, 1.54) is 0 Å². The number of alkyl halides is 3. The van der Waals surface area contributed by atoms with E-state index < -0.39 is 27.7 Å². The molecule has 0 atom stereocenters. The fraction of sp³-hybridized carbons (Fsp3) is 0.188. The first-order valence-electron chi connectivity index (χ1n) is 13.6. The van der Waals surface area contributed by atoms with Crippen molar-refractivity contribution < 1.29 is 31.5 Å². The fourth-order valence-electron chi connectivity index (χ4n) is 4.88. The van der Waals surface area contributed by atoms with Crippen LogP contribution in [0.4, 0.5) is 18.9 Å². The molecule has 0 aliphatic rings. The molecule has 0 amide bonds. The predicted molar refractivity (Wildman–Crippen MR) is 159 cm³/mol. The van der Waals surface area contributed by atoms with Gasteiger partial charge in [0.25, 0.3) is 10.0 Å². The van der Waals surface area contributed by atoms with Gasteiger partial charge in [-0.05, 0) is 67.4 Å². The van der Waals surface area contributed by atoms with Crippen LogP contribution in [0.3, 0.4) is 0 Å². The number of imidazole rings is 1. The molecule has 0 bridgehead atoms. The van der Waals surface area contributed by atoms with Gasteiger partial charge < -0.3 is 5.11 Å². The zero-order chi connectivity index (χ0) is 30.6. The van der Waals surface area contributed by atoms with E-state index in [-0.39, 0.29) is 17.9 Å². The maximum absolute atomic E-state index is 13.8. The number of halogens is 3. The molecule has 0 radical (unpaired) electrons. The van der Waals surface area contributed by atoms with E-state index in [0.717, 1.165) is 45.3 Å². The Balaban J connectivity index is 1.58. The van der Waals surface area contributed by atoms with Gasteiger partial charge in [0.05, 0.1) is 27.2 Å². The molecule has 43 heavy (non-hydrogen) atoms. The van der Waals surface area contributed by atoms with Crippen molar-refractivity contribution in [3.63, 3.8) is 0 Å². The second-order valence-corrected chi connectivity index (χ2v) is 11.8. The van der Waals surface area contributed by atoms with Gasteiger partial charge in [0.15, 0.2) is 0 Å². The van der Waals surface area contributed by atoms with Crippen LogP contribution in [0.1, 0.15) is 31.2 Å². The Bertz CT molecular complexity index is 1820. The SMILES string of the molecule is O=C(O)CCCCCN(c1ccc2c(c1)nc(-c1ccccc1)n2-c1ccccc1)S(=O)(=O)c1ccc(C(F)(F)F)cc1. The minimum absolute atomic E-state index is 0.000578. The molecule has 1 aromatic heterocycles. The third kappa shape index (κ3) is 6.56. The third-order valence-corrected chi connectivity index (χ3v) is 8.84. The van der Waals surface area contributed by atoms with Crippen LogP contribution in [-0.2, 0) is 21.0 Å². The average Bonchev–Trinajstić information content (AvgIpc) is 3.38. The monoisotopic (exact) mass is 607 g/mol. The van der Waals surface area contributed by atoms with Crippen molar-refractivity contribution in [2.75, 3.05) is 10.8 Å². The van der Waals surface area contributed by atoms with Gasteiger partial charge in [0.1, 0.15) is 5.82 Å². The number of aromatic nitrogens is 2. The first-order valence-corrected chi connectivity index (χ1v) is 15.0. The van der Waals surface area contributed by atoms with Crippen molar-refractivity contribution in [3.05, 3.63) is 109 Å². The molecular formula is C32H28F3N3O4S. The van der Waals surface area contributed by atoms with E-state index in [0.29, 0.717) is 36.3 Å². The molecule has 0 fully saturated rings. The lowest BCUT2D eigenvalue weighted by Gasteiger charge is -2.25. The minimum Gasteiger partial charge on any atom is -0.481 e. The number of fused-ring (bicyclic) bond motifs is 1. The van der Waals surface area contributed by atoms with Gasteiger partial charge in [-0.1, -0.05) is 55.0 Å². The second-order valence-electron chi connectivity index (χ2n) is 9.95. The van der Waals surface area contributed by atoms with Crippen LogP contribution in [0.2, 0.25) is 0 Å². The van der Waals surface area contributed by atoms with E-state index in [9.17, 15) is 26.4 Å². The van der Waals surface area contributed by atoms with Gasteiger partial charge in [-0.2, -0.15) is 13.2 Å². The van der Waals surface area contributed by atoms with Crippen LogP contribution in [0, 0.1) is 0 Å². The van der Waals surface area contributed by atoms with Crippen LogP contribution >= 0.6 is 0 Å². The van der Waals surface area contributed by atoms with E-state index in [1.54, 1.807) is 18.2 Å². The van der Waals surface area contributed by atoms with Crippen molar-refractivity contribution >= 4 is 32.7 Å². The van der Waals surface area contributed by atoms with Crippen LogP contribution in [0.15, 0.2) is 108 Å². The number of para-hydroxylation sites is 1. The molecule has 7 nitrogen and oxygen atoms in total. The van der Waals surface area contributed by atoms with E-state index in [4.69, 9.17) is 10.1 Å². The molecule has 0 aliphatic carbocycles. The second kappa shape index (κ2) is 12.3. The molecule has 0 spiro atoms. The van der Waals surface area contributed by atoms with Gasteiger partial charge in [0, 0.05) is 24.2 Å². The summed E-state index contributed by atoms with van der Waals surface area (Å²) in [4.78, 5) is 15.5. The van der Waals surface area contributed by atoms with Gasteiger partial charge in [-0.15, -0.1) is 0 Å². The van der Waals surface area contributed by atoms with Crippen LogP contribution < -0.4 is 4.31 Å². The number of rotatable bonds is 11. The highest BCUT2D eigenvalue weighted by Crippen LogP contribution is 2.34. The molecule has 5 aromatic rings. The van der Waals surface area contributed by atoms with Crippen molar-refractivity contribution in [3.8, 4) is 17.1 Å². The highest BCUT2D eigenvalue weighted by atomic mass is 32.2. The Labute approximate surface area is 246 Å². The molecule has 1 N–H and O–H groups in total. The number of carbonyl (C=O) groups is 1. The molecular weight excluding hydrogens is 579 g/mol. The lowest BCUT2D eigenvalue weighted by molar-refractivity contribution is -0.138. The van der Waals surface area contributed by atoms with Crippen molar-refractivity contribution in [2.24, 2.45) is 0 Å². The van der Waals surface area contributed by atoms with Gasteiger partial charge >= 0.3 is 12.1 Å². The highest BCUT2D eigenvalue weighted by Gasteiger charge is 2.32. The first kappa shape index (κ1) is 29.8. The Hall–Kier alpha value is -4.64. The smallest absolute Gasteiger partial charge is 0.416 e. The Morgan fingerprint density at radius 1 is 0.837 bits per heavy atom. The summed E-state index contributed by atoms with van der Waals surface area (Å²) >= 11 is 0. The van der Waals surface area contributed by atoms with Crippen LogP contribution in [-0.4, -0.2) is 35.6 Å². The van der Waals surface area contributed by atoms with E-state index in [1.807, 2.05) is 65.2 Å². The van der Waals surface area contributed by atoms with E-state index in [2.05, 4.69) is 0 Å². The molecule has 4 aromatic carbocycles. The number of anilines is 1.